The van der Waals surface area contributed by atoms with Crippen molar-refractivity contribution in [3.05, 3.63) is 83.8 Å². The minimum Gasteiger partial charge on any atom is -0.324 e. The lowest BCUT2D eigenvalue weighted by molar-refractivity contribution is -0.137. The lowest BCUT2D eigenvalue weighted by Gasteiger charge is -2.19. The summed E-state index contributed by atoms with van der Waals surface area (Å²) in [5.41, 5.74) is 3.42. The van der Waals surface area contributed by atoms with Crippen molar-refractivity contribution in [2.24, 2.45) is 5.92 Å². The van der Waals surface area contributed by atoms with Gasteiger partial charge in [0.1, 0.15) is 11.3 Å². The molecule has 7 nitrogen and oxygen atoms in total. The standard InChI is InChI=1S/C28H27F3N6O/c1-17(2)14-36(3)15-20-7-5-11-37-16-24(32-25(20)37)26(38)35-27-33-22-10-9-19(13-23(22)34-27)18-6-4-8-21(12-18)28(29,30)31/h4-13,16-17H,14-15H2,1-3H3,(H2,33,34,35,38). The van der Waals surface area contributed by atoms with E-state index < -0.39 is 17.6 Å². The van der Waals surface area contributed by atoms with Crippen molar-refractivity contribution in [3.63, 3.8) is 0 Å². The number of pyridine rings is 1. The van der Waals surface area contributed by atoms with E-state index in [1.807, 2.05) is 22.7 Å². The molecule has 0 unspecified atom stereocenters. The first-order valence-corrected chi connectivity index (χ1v) is 12.2. The maximum Gasteiger partial charge on any atom is 0.416 e. The van der Waals surface area contributed by atoms with Crippen LogP contribution in [0.3, 0.4) is 0 Å². The number of nitrogens with zero attached hydrogens (tertiary/aromatic N) is 4. The van der Waals surface area contributed by atoms with Gasteiger partial charge in [0.15, 0.2) is 0 Å². The number of aromatic nitrogens is 4. The number of carbonyl (C=O) groups is 1. The molecule has 0 aliphatic heterocycles. The van der Waals surface area contributed by atoms with Crippen molar-refractivity contribution in [2.45, 2.75) is 26.6 Å². The number of hydrogen-bond donors (Lipinski definition) is 2. The molecule has 0 aliphatic carbocycles. The largest absolute Gasteiger partial charge is 0.416 e. The summed E-state index contributed by atoms with van der Waals surface area (Å²) in [6, 6.07) is 14.2. The van der Waals surface area contributed by atoms with Crippen LogP contribution in [0.4, 0.5) is 19.1 Å². The molecule has 196 valence electrons. The molecule has 3 heterocycles. The number of rotatable bonds is 7. The fraction of sp³-hybridized carbons (Fsp3) is 0.250. The maximum atomic E-state index is 13.1. The number of imidazole rings is 2. The zero-order valence-corrected chi connectivity index (χ0v) is 21.2. The molecule has 2 aromatic carbocycles. The summed E-state index contributed by atoms with van der Waals surface area (Å²) in [5, 5.41) is 2.74. The highest BCUT2D eigenvalue weighted by Crippen LogP contribution is 2.33. The van der Waals surface area contributed by atoms with Crippen molar-refractivity contribution >= 4 is 28.5 Å². The monoisotopic (exact) mass is 520 g/mol. The van der Waals surface area contributed by atoms with Gasteiger partial charge in [-0.2, -0.15) is 13.2 Å². The molecule has 38 heavy (non-hydrogen) atoms. The van der Waals surface area contributed by atoms with E-state index in [0.717, 1.165) is 24.2 Å². The number of benzene rings is 2. The van der Waals surface area contributed by atoms with Gasteiger partial charge in [0.25, 0.3) is 5.91 Å². The third-order valence-electron chi connectivity index (χ3n) is 6.15. The molecule has 5 rings (SSSR count). The molecule has 0 saturated heterocycles. The van der Waals surface area contributed by atoms with E-state index >= 15 is 0 Å². The summed E-state index contributed by atoms with van der Waals surface area (Å²) in [7, 11) is 2.06. The Bertz CT molecular complexity index is 1620. The van der Waals surface area contributed by atoms with Gasteiger partial charge in [0, 0.05) is 31.0 Å². The zero-order chi connectivity index (χ0) is 27.0. The molecular formula is C28H27F3N6O. The number of anilines is 1. The fourth-order valence-electron chi connectivity index (χ4n) is 4.57. The molecule has 0 fully saturated rings. The van der Waals surface area contributed by atoms with E-state index in [9.17, 15) is 18.0 Å². The highest BCUT2D eigenvalue weighted by atomic mass is 19.4. The molecular weight excluding hydrogens is 493 g/mol. The molecule has 5 aromatic rings. The first kappa shape index (κ1) is 25.5. The van der Waals surface area contributed by atoms with Crippen LogP contribution in [-0.2, 0) is 12.7 Å². The number of fused-ring (bicyclic) bond motifs is 2. The first-order chi connectivity index (χ1) is 18.1. The van der Waals surface area contributed by atoms with Crippen LogP contribution in [0.15, 0.2) is 67.0 Å². The van der Waals surface area contributed by atoms with Crippen LogP contribution in [0.2, 0.25) is 0 Å². The molecule has 1 amide bonds. The Balaban J connectivity index is 1.36. The smallest absolute Gasteiger partial charge is 0.324 e. The summed E-state index contributed by atoms with van der Waals surface area (Å²) in [4.78, 5) is 27.2. The van der Waals surface area contributed by atoms with E-state index in [2.05, 4.69) is 46.1 Å². The van der Waals surface area contributed by atoms with E-state index in [-0.39, 0.29) is 11.6 Å². The maximum absolute atomic E-state index is 13.1. The molecule has 2 N–H and O–H groups in total. The molecule has 0 aliphatic rings. The Labute approximate surface area is 217 Å². The number of carbonyl (C=O) groups excluding carboxylic acids is 1. The number of hydrogen-bond acceptors (Lipinski definition) is 4. The van der Waals surface area contributed by atoms with Crippen LogP contribution < -0.4 is 5.32 Å². The number of H-pyrrole nitrogens is 1. The summed E-state index contributed by atoms with van der Waals surface area (Å²) in [6.45, 7) is 5.98. The summed E-state index contributed by atoms with van der Waals surface area (Å²) in [6.07, 6.45) is -0.904. The van der Waals surface area contributed by atoms with Gasteiger partial charge in [0.2, 0.25) is 5.95 Å². The van der Waals surface area contributed by atoms with Crippen LogP contribution in [0.1, 0.15) is 35.5 Å². The molecule has 0 bridgehead atoms. The molecule has 3 aromatic heterocycles. The van der Waals surface area contributed by atoms with Crippen molar-refractivity contribution in [1.82, 2.24) is 24.3 Å². The number of aromatic amines is 1. The second-order valence-corrected chi connectivity index (χ2v) is 9.83. The zero-order valence-electron chi connectivity index (χ0n) is 21.2. The van der Waals surface area contributed by atoms with Crippen LogP contribution >= 0.6 is 0 Å². The summed E-state index contributed by atoms with van der Waals surface area (Å²) >= 11 is 0. The fourth-order valence-corrected chi connectivity index (χ4v) is 4.57. The Morgan fingerprint density at radius 3 is 2.63 bits per heavy atom. The van der Waals surface area contributed by atoms with E-state index in [1.165, 1.54) is 6.07 Å². The second-order valence-electron chi connectivity index (χ2n) is 9.83. The van der Waals surface area contributed by atoms with Gasteiger partial charge in [-0.3, -0.25) is 10.1 Å². The van der Waals surface area contributed by atoms with Gasteiger partial charge < -0.3 is 14.3 Å². The Morgan fingerprint density at radius 1 is 1.08 bits per heavy atom. The predicted molar refractivity (Wildman–Crippen MR) is 141 cm³/mol. The predicted octanol–water partition coefficient (Wildman–Crippen LogP) is 6.24. The average Bonchev–Trinajstić information content (AvgIpc) is 3.47. The van der Waals surface area contributed by atoms with Gasteiger partial charge in [-0.15, -0.1) is 0 Å². The van der Waals surface area contributed by atoms with Crippen molar-refractivity contribution < 1.29 is 18.0 Å². The van der Waals surface area contributed by atoms with Gasteiger partial charge in [-0.25, -0.2) is 9.97 Å². The lowest BCUT2D eigenvalue weighted by atomic mass is 10.0. The molecule has 0 atom stereocenters. The van der Waals surface area contributed by atoms with Crippen LogP contribution in [0.5, 0.6) is 0 Å². The van der Waals surface area contributed by atoms with Crippen LogP contribution in [0.25, 0.3) is 27.8 Å². The Kier molecular flexibility index (Phi) is 6.66. The first-order valence-electron chi connectivity index (χ1n) is 12.2. The summed E-state index contributed by atoms with van der Waals surface area (Å²) < 4.78 is 41.2. The van der Waals surface area contributed by atoms with E-state index in [0.29, 0.717) is 40.3 Å². The number of halogens is 3. The van der Waals surface area contributed by atoms with Gasteiger partial charge in [-0.1, -0.05) is 38.1 Å². The van der Waals surface area contributed by atoms with E-state index in [1.54, 1.807) is 30.5 Å². The third kappa shape index (κ3) is 5.40. The second kappa shape index (κ2) is 9.94. The number of amides is 1. The van der Waals surface area contributed by atoms with Gasteiger partial charge in [-0.05, 0) is 54.4 Å². The summed E-state index contributed by atoms with van der Waals surface area (Å²) in [5.74, 6) is 0.332. The highest BCUT2D eigenvalue weighted by Gasteiger charge is 2.30. The quantitative estimate of drug-likeness (QED) is 0.266. The van der Waals surface area contributed by atoms with Crippen LogP contribution in [-0.4, -0.2) is 43.8 Å². The molecule has 0 radical (unpaired) electrons. The van der Waals surface area contributed by atoms with Crippen molar-refractivity contribution in [3.8, 4) is 11.1 Å². The Morgan fingerprint density at radius 2 is 1.87 bits per heavy atom. The molecule has 0 saturated carbocycles. The minimum absolute atomic E-state index is 0.222. The van der Waals surface area contributed by atoms with E-state index in [4.69, 9.17) is 0 Å². The lowest BCUT2D eigenvalue weighted by Crippen LogP contribution is -2.23. The highest BCUT2D eigenvalue weighted by molar-refractivity contribution is 6.03. The average molecular weight is 521 g/mol. The van der Waals surface area contributed by atoms with Crippen molar-refractivity contribution in [2.75, 3.05) is 18.9 Å². The van der Waals surface area contributed by atoms with Gasteiger partial charge >= 0.3 is 6.18 Å². The van der Waals surface area contributed by atoms with Gasteiger partial charge in [0.05, 0.1) is 16.6 Å². The SMILES string of the molecule is CC(C)CN(C)Cc1cccn2cc(C(=O)Nc3nc4cc(-c5cccc(C(F)(F)F)c5)ccc4[nH]3)nc12. The van der Waals surface area contributed by atoms with Crippen molar-refractivity contribution in [1.29, 1.82) is 0 Å². The normalized spacial score (nSPS) is 12.2. The van der Waals surface area contributed by atoms with Crippen LogP contribution in [0, 0.1) is 5.92 Å². The number of nitrogens with one attached hydrogen (secondary N) is 2. The molecule has 10 heteroatoms. The topological polar surface area (TPSA) is 78.3 Å². The Hall–Kier alpha value is -4.18. The minimum atomic E-state index is -4.42. The molecule has 0 spiro atoms. The third-order valence-corrected chi connectivity index (χ3v) is 6.15. The number of alkyl halides is 3.